The fraction of sp³-hybridized carbons (Fsp3) is 0.529. The van der Waals surface area contributed by atoms with E-state index in [1.54, 1.807) is 0 Å². The molecule has 104 valence electrons. The molecule has 0 bridgehead atoms. The van der Waals surface area contributed by atoms with E-state index >= 15 is 0 Å². The van der Waals surface area contributed by atoms with E-state index in [4.69, 9.17) is 4.42 Å². The molecule has 1 aromatic carbocycles. The average molecular weight is 259 g/mol. The molecule has 1 aromatic heterocycles. The van der Waals surface area contributed by atoms with Crippen LogP contribution in [0.1, 0.15) is 56.9 Å². The van der Waals surface area contributed by atoms with Crippen molar-refractivity contribution >= 4 is 11.0 Å². The molecule has 0 aliphatic heterocycles. The van der Waals surface area contributed by atoms with Crippen LogP contribution in [-0.4, -0.2) is 6.54 Å². The van der Waals surface area contributed by atoms with Gasteiger partial charge in [-0.25, -0.2) is 0 Å². The number of aryl methyl sites for hydroxylation is 1. The summed E-state index contributed by atoms with van der Waals surface area (Å²) in [6, 6.07) is 8.55. The Morgan fingerprint density at radius 2 is 1.95 bits per heavy atom. The highest BCUT2D eigenvalue weighted by Gasteiger charge is 2.15. The highest BCUT2D eigenvalue weighted by atomic mass is 16.3. The van der Waals surface area contributed by atoms with Crippen LogP contribution in [0.15, 0.2) is 28.7 Å². The quantitative estimate of drug-likeness (QED) is 0.710. The molecule has 0 spiro atoms. The van der Waals surface area contributed by atoms with Crippen LogP contribution in [0.3, 0.4) is 0 Å². The number of fused-ring (bicyclic) bond motifs is 1. The summed E-state index contributed by atoms with van der Waals surface area (Å²) in [5, 5.41) is 4.80. The molecular weight excluding hydrogens is 234 g/mol. The molecule has 0 saturated heterocycles. The van der Waals surface area contributed by atoms with Crippen LogP contribution in [0.2, 0.25) is 0 Å². The normalized spacial score (nSPS) is 13.0. The standard InChI is InChI=1S/C17H25NO/c1-4-5-6-9-12-18-14(3)17-13(2)15-10-7-8-11-16(15)19-17/h7-8,10-11,14,18H,4-6,9,12H2,1-3H3. The molecule has 0 fully saturated rings. The maximum Gasteiger partial charge on any atom is 0.134 e. The molecule has 0 radical (unpaired) electrons. The Hall–Kier alpha value is -1.28. The third-order valence-electron chi connectivity index (χ3n) is 3.75. The Morgan fingerprint density at radius 3 is 2.68 bits per heavy atom. The topological polar surface area (TPSA) is 25.2 Å². The molecule has 0 aliphatic rings. The SMILES string of the molecule is CCCCCCNC(C)c1oc2ccccc2c1C. The fourth-order valence-corrected chi connectivity index (χ4v) is 2.57. The molecule has 2 heteroatoms. The zero-order valence-corrected chi connectivity index (χ0v) is 12.3. The number of hydrogen-bond donors (Lipinski definition) is 1. The predicted octanol–water partition coefficient (Wildman–Crippen LogP) is 4.97. The van der Waals surface area contributed by atoms with E-state index in [0.29, 0.717) is 0 Å². The Balaban J connectivity index is 1.97. The van der Waals surface area contributed by atoms with Crippen molar-refractivity contribution in [1.29, 1.82) is 0 Å². The number of nitrogens with one attached hydrogen (secondary N) is 1. The number of benzene rings is 1. The second kappa shape index (κ2) is 6.76. The zero-order chi connectivity index (χ0) is 13.7. The second-order valence-electron chi connectivity index (χ2n) is 5.32. The van der Waals surface area contributed by atoms with E-state index in [2.05, 4.69) is 38.2 Å². The molecule has 19 heavy (non-hydrogen) atoms. The molecule has 1 atom stereocenters. The lowest BCUT2D eigenvalue weighted by Gasteiger charge is -2.12. The van der Waals surface area contributed by atoms with Gasteiger partial charge < -0.3 is 9.73 Å². The minimum Gasteiger partial charge on any atom is -0.459 e. The minimum atomic E-state index is 0.286. The van der Waals surface area contributed by atoms with Gasteiger partial charge in [0.25, 0.3) is 0 Å². The summed E-state index contributed by atoms with van der Waals surface area (Å²) in [7, 11) is 0. The van der Waals surface area contributed by atoms with Crippen molar-refractivity contribution < 1.29 is 4.42 Å². The first-order valence-electron chi connectivity index (χ1n) is 7.45. The van der Waals surface area contributed by atoms with Gasteiger partial charge in [-0.1, -0.05) is 44.4 Å². The number of para-hydroxylation sites is 1. The molecule has 1 unspecified atom stereocenters. The van der Waals surface area contributed by atoms with Gasteiger partial charge in [0.05, 0.1) is 6.04 Å². The van der Waals surface area contributed by atoms with Crippen molar-refractivity contribution in [2.45, 2.75) is 52.5 Å². The van der Waals surface area contributed by atoms with Gasteiger partial charge in [-0.05, 0) is 38.4 Å². The van der Waals surface area contributed by atoms with Gasteiger partial charge in [-0.3, -0.25) is 0 Å². The minimum absolute atomic E-state index is 0.286. The van der Waals surface area contributed by atoms with Gasteiger partial charge in [0.15, 0.2) is 0 Å². The van der Waals surface area contributed by atoms with Crippen LogP contribution in [0, 0.1) is 6.92 Å². The number of furan rings is 1. The van der Waals surface area contributed by atoms with Crippen LogP contribution in [0.4, 0.5) is 0 Å². The van der Waals surface area contributed by atoms with Gasteiger partial charge >= 0.3 is 0 Å². The van der Waals surface area contributed by atoms with Crippen molar-refractivity contribution in [1.82, 2.24) is 5.32 Å². The van der Waals surface area contributed by atoms with Gasteiger partial charge in [0.1, 0.15) is 11.3 Å². The van der Waals surface area contributed by atoms with Crippen molar-refractivity contribution in [3.05, 3.63) is 35.6 Å². The number of unbranched alkanes of at least 4 members (excludes halogenated alkanes) is 3. The van der Waals surface area contributed by atoms with E-state index < -0.39 is 0 Å². The van der Waals surface area contributed by atoms with E-state index in [-0.39, 0.29) is 6.04 Å². The monoisotopic (exact) mass is 259 g/mol. The second-order valence-corrected chi connectivity index (χ2v) is 5.32. The molecular formula is C17H25NO. The lowest BCUT2D eigenvalue weighted by Crippen LogP contribution is -2.19. The summed E-state index contributed by atoms with van der Waals surface area (Å²) in [5.41, 5.74) is 2.26. The van der Waals surface area contributed by atoms with Gasteiger partial charge in [-0.2, -0.15) is 0 Å². The molecule has 2 nitrogen and oxygen atoms in total. The third-order valence-corrected chi connectivity index (χ3v) is 3.75. The maximum atomic E-state index is 5.98. The zero-order valence-electron chi connectivity index (χ0n) is 12.3. The summed E-state index contributed by atoms with van der Waals surface area (Å²) < 4.78 is 5.98. The molecule has 2 aromatic rings. The van der Waals surface area contributed by atoms with E-state index in [1.807, 2.05) is 12.1 Å². The Labute approximate surface area is 116 Å². The van der Waals surface area contributed by atoms with Crippen LogP contribution in [-0.2, 0) is 0 Å². The van der Waals surface area contributed by atoms with Gasteiger partial charge in [0.2, 0.25) is 0 Å². The largest absolute Gasteiger partial charge is 0.459 e. The third kappa shape index (κ3) is 3.38. The molecule has 0 saturated carbocycles. The molecule has 0 aliphatic carbocycles. The Bertz CT molecular complexity index is 515. The highest BCUT2D eigenvalue weighted by molar-refractivity contribution is 5.82. The first-order chi connectivity index (χ1) is 9.24. The van der Waals surface area contributed by atoms with Crippen molar-refractivity contribution in [3.63, 3.8) is 0 Å². The first kappa shape index (κ1) is 14.1. The van der Waals surface area contributed by atoms with Crippen molar-refractivity contribution in [2.24, 2.45) is 0 Å². The van der Waals surface area contributed by atoms with E-state index in [1.165, 1.54) is 36.6 Å². The summed E-state index contributed by atoms with van der Waals surface area (Å²) >= 11 is 0. The smallest absolute Gasteiger partial charge is 0.134 e. The van der Waals surface area contributed by atoms with Crippen LogP contribution in [0.5, 0.6) is 0 Å². The number of rotatable bonds is 7. The fourth-order valence-electron chi connectivity index (χ4n) is 2.57. The molecule has 0 amide bonds. The lowest BCUT2D eigenvalue weighted by atomic mass is 10.1. The average Bonchev–Trinajstić information content (AvgIpc) is 2.76. The van der Waals surface area contributed by atoms with Crippen LogP contribution in [0.25, 0.3) is 11.0 Å². The lowest BCUT2D eigenvalue weighted by molar-refractivity contribution is 0.441. The van der Waals surface area contributed by atoms with Gasteiger partial charge in [-0.15, -0.1) is 0 Å². The summed E-state index contributed by atoms with van der Waals surface area (Å²) in [6.45, 7) is 7.65. The molecule has 1 N–H and O–H groups in total. The summed E-state index contributed by atoms with van der Waals surface area (Å²) in [4.78, 5) is 0. The van der Waals surface area contributed by atoms with Crippen molar-refractivity contribution in [3.8, 4) is 0 Å². The molecule has 2 rings (SSSR count). The number of hydrogen-bond acceptors (Lipinski definition) is 2. The first-order valence-corrected chi connectivity index (χ1v) is 7.45. The van der Waals surface area contributed by atoms with E-state index in [9.17, 15) is 0 Å². The van der Waals surface area contributed by atoms with Gasteiger partial charge in [0, 0.05) is 5.39 Å². The summed E-state index contributed by atoms with van der Waals surface area (Å²) in [6.07, 6.45) is 5.19. The Morgan fingerprint density at radius 1 is 1.16 bits per heavy atom. The van der Waals surface area contributed by atoms with Crippen molar-refractivity contribution in [2.75, 3.05) is 6.54 Å². The highest BCUT2D eigenvalue weighted by Crippen LogP contribution is 2.29. The molecule has 1 heterocycles. The summed E-state index contributed by atoms with van der Waals surface area (Å²) in [5.74, 6) is 1.08. The maximum absolute atomic E-state index is 5.98. The van der Waals surface area contributed by atoms with Crippen LogP contribution >= 0.6 is 0 Å². The predicted molar refractivity (Wildman–Crippen MR) is 81.5 cm³/mol. The Kier molecular flexibility index (Phi) is 5.03. The van der Waals surface area contributed by atoms with Crippen LogP contribution < -0.4 is 5.32 Å². The van der Waals surface area contributed by atoms with E-state index in [0.717, 1.165) is 17.9 Å².